The van der Waals surface area contributed by atoms with Crippen molar-refractivity contribution in [3.8, 4) is 5.75 Å². The number of ether oxygens (including phenoxy) is 1. The second-order valence-corrected chi connectivity index (χ2v) is 4.77. The van der Waals surface area contributed by atoms with Gasteiger partial charge in [-0.15, -0.1) is 11.6 Å². The molecule has 0 aromatic heterocycles. The fraction of sp³-hybridized carbons (Fsp3) is 0.250. The summed E-state index contributed by atoms with van der Waals surface area (Å²) in [6.07, 6.45) is 0. The third kappa shape index (κ3) is 3.65. The topological polar surface area (TPSA) is 21.3 Å². The van der Waals surface area contributed by atoms with E-state index in [2.05, 4.69) is 30.4 Å². The van der Waals surface area contributed by atoms with E-state index in [9.17, 15) is 0 Å². The van der Waals surface area contributed by atoms with Gasteiger partial charge < -0.3 is 10.1 Å². The molecule has 0 saturated carbocycles. The number of hydrogen-bond donors (Lipinski definition) is 1. The van der Waals surface area contributed by atoms with Gasteiger partial charge in [0.25, 0.3) is 0 Å². The molecule has 0 aliphatic rings. The zero-order chi connectivity index (χ0) is 13.7. The van der Waals surface area contributed by atoms with Gasteiger partial charge in [-0.2, -0.15) is 0 Å². The molecule has 100 valence electrons. The summed E-state index contributed by atoms with van der Waals surface area (Å²) < 4.78 is 5.37. The molecule has 0 aliphatic carbocycles. The first-order valence-electron chi connectivity index (χ1n) is 6.25. The number of benzene rings is 2. The smallest absolute Gasteiger partial charge is 0.123 e. The summed E-state index contributed by atoms with van der Waals surface area (Å²) in [6, 6.07) is 14.3. The van der Waals surface area contributed by atoms with Crippen molar-refractivity contribution in [1.82, 2.24) is 0 Å². The Hall–Kier alpha value is -1.67. The van der Waals surface area contributed by atoms with Crippen molar-refractivity contribution in [2.45, 2.75) is 19.3 Å². The molecule has 0 fully saturated rings. The van der Waals surface area contributed by atoms with Crippen molar-refractivity contribution < 1.29 is 4.74 Å². The van der Waals surface area contributed by atoms with Crippen LogP contribution in [0.5, 0.6) is 5.75 Å². The number of nitrogens with one attached hydrogen (secondary N) is 1. The SMILES string of the molecule is COc1ccc(C)cc1CNc1cccc(CCl)c1. The lowest BCUT2D eigenvalue weighted by Gasteiger charge is -2.12. The highest BCUT2D eigenvalue weighted by atomic mass is 35.5. The van der Waals surface area contributed by atoms with Gasteiger partial charge in [0.1, 0.15) is 5.75 Å². The number of hydrogen-bond acceptors (Lipinski definition) is 2. The maximum absolute atomic E-state index is 5.84. The summed E-state index contributed by atoms with van der Waals surface area (Å²) in [5.74, 6) is 1.44. The van der Waals surface area contributed by atoms with E-state index in [4.69, 9.17) is 16.3 Å². The van der Waals surface area contributed by atoms with Crippen LogP contribution in [-0.4, -0.2) is 7.11 Å². The number of alkyl halides is 1. The molecule has 2 rings (SSSR count). The summed E-state index contributed by atoms with van der Waals surface area (Å²) >= 11 is 5.84. The van der Waals surface area contributed by atoms with Crippen molar-refractivity contribution in [3.05, 3.63) is 59.2 Å². The Morgan fingerprint density at radius 3 is 2.74 bits per heavy atom. The van der Waals surface area contributed by atoms with Crippen LogP contribution >= 0.6 is 11.6 Å². The van der Waals surface area contributed by atoms with Gasteiger partial charge in [-0.25, -0.2) is 0 Å². The minimum atomic E-state index is 0.531. The molecular weight excluding hydrogens is 258 g/mol. The van der Waals surface area contributed by atoms with E-state index in [0.717, 1.165) is 29.1 Å². The minimum Gasteiger partial charge on any atom is -0.496 e. The summed E-state index contributed by atoms with van der Waals surface area (Å²) in [5, 5.41) is 3.40. The van der Waals surface area contributed by atoms with Gasteiger partial charge in [-0.3, -0.25) is 0 Å². The average molecular weight is 276 g/mol. The molecule has 2 aromatic carbocycles. The molecule has 19 heavy (non-hydrogen) atoms. The van der Waals surface area contributed by atoms with Crippen molar-refractivity contribution in [1.29, 1.82) is 0 Å². The van der Waals surface area contributed by atoms with E-state index in [1.165, 1.54) is 5.56 Å². The van der Waals surface area contributed by atoms with Gasteiger partial charge in [-0.1, -0.05) is 29.8 Å². The Labute approximate surface area is 119 Å². The molecule has 0 aliphatic heterocycles. The molecule has 0 saturated heterocycles. The van der Waals surface area contributed by atoms with Crippen LogP contribution in [0.1, 0.15) is 16.7 Å². The van der Waals surface area contributed by atoms with Crippen molar-refractivity contribution in [2.75, 3.05) is 12.4 Å². The quantitative estimate of drug-likeness (QED) is 0.819. The first-order chi connectivity index (χ1) is 9.22. The van der Waals surface area contributed by atoms with Crippen LogP contribution < -0.4 is 10.1 Å². The van der Waals surface area contributed by atoms with Gasteiger partial charge in [0.05, 0.1) is 7.11 Å². The Balaban J connectivity index is 2.11. The maximum Gasteiger partial charge on any atom is 0.123 e. The zero-order valence-corrected chi connectivity index (χ0v) is 12.0. The molecule has 2 aromatic rings. The fourth-order valence-electron chi connectivity index (χ4n) is 2.01. The molecule has 0 amide bonds. The summed E-state index contributed by atoms with van der Waals surface area (Å²) in [4.78, 5) is 0. The average Bonchev–Trinajstić information content (AvgIpc) is 2.45. The lowest BCUT2D eigenvalue weighted by molar-refractivity contribution is 0.410. The lowest BCUT2D eigenvalue weighted by Crippen LogP contribution is -2.02. The summed E-state index contributed by atoms with van der Waals surface area (Å²) in [5.41, 5.74) is 4.57. The minimum absolute atomic E-state index is 0.531. The van der Waals surface area contributed by atoms with Gasteiger partial charge in [0.15, 0.2) is 0 Å². The van der Waals surface area contributed by atoms with Gasteiger partial charge in [0, 0.05) is 23.7 Å². The fourth-order valence-corrected chi connectivity index (χ4v) is 2.17. The second kappa shape index (κ2) is 6.48. The number of rotatable bonds is 5. The highest BCUT2D eigenvalue weighted by Crippen LogP contribution is 2.21. The van der Waals surface area contributed by atoms with E-state index >= 15 is 0 Å². The Bertz CT molecular complexity index is 554. The van der Waals surface area contributed by atoms with Crippen LogP contribution in [-0.2, 0) is 12.4 Å². The predicted octanol–water partition coefficient (Wildman–Crippen LogP) is 4.35. The third-order valence-electron chi connectivity index (χ3n) is 3.00. The lowest BCUT2D eigenvalue weighted by atomic mass is 10.1. The molecule has 0 bridgehead atoms. The normalized spacial score (nSPS) is 10.3. The van der Waals surface area contributed by atoms with Crippen LogP contribution in [0, 0.1) is 6.92 Å². The summed E-state index contributed by atoms with van der Waals surface area (Å²) in [7, 11) is 1.70. The largest absolute Gasteiger partial charge is 0.496 e. The van der Waals surface area contributed by atoms with E-state index in [1.54, 1.807) is 7.11 Å². The zero-order valence-electron chi connectivity index (χ0n) is 11.2. The number of halogens is 1. The number of methoxy groups -OCH3 is 1. The Kier molecular flexibility index (Phi) is 4.69. The van der Waals surface area contributed by atoms with E-state index < -0.39 is 0 Å². The first-order valence-corrected chi connectivity index (χ1v) is 6.78. The van der Waals surface area contributed by atoms with Crippen LogP contribution in [0.3, 0.4) is 0 Å². The Morgan fingerprint density at radius 2 is 2.00 bits per heavy atom. The monoisotopic (exact) mass is 275 g/mol. The molecule has 0 heterocycles. The standard InChI is InChI=1S/C16H18ClNO/c1-12-6-7-16(19-2)14(8-12)11-18-15-5-3-4-13(9-15)10-17/h3-9,18H,10-11H2,1-2H3. The molecule has 1 N–H and O–H groups in total. The van der Waals surface area contributed by atoms with Crippen LogP contribution in [0.25, 0.3) is 0 Å². The molecule has 0 atom stereocenters. The number of aryl methyl sites for hydroxylation is 1. The van der Waals surface area contributed by atoms with Gasteiger partial charge >= 0.3 is 0 Å². The molecular formula is C16H18ClNO. The molecule has 0 spiro atoms. The van der Waals surface area contributed by atoms with Crippen LogP contribution in [0.15, 0.2) is 42.5 Å². The first kappa shape index (κ1) is 13.8. The van der Waals surface area contributed by atoms with Gasteiger partial charge in [-0.05, 0) is 30.7 Å². The van der Waals surface area contributed by atoms with Crippen molar-refractivity contribution in [3.63, 3.8) is 0 Å². The Morgan fingerprint density at radius 1 is 1.16 bits per heavy atom. The van der Waals surface area contributed by atoms with Gasteiger partial charge in [0.2, 0.25) is 0 Å². The third-order valence-corrected chi connectivity index (χ3v) is 3.31. The molecule has 2 nitrogen and oxygen atoms in total. The highest BCUT2D eigenvalue weighted by molar-refractivity contribution is 6.17. The second-order valence-electron chi connectivity index (χ2n) is 4.50. The van der Waals surface area contributed by atoms with Crippen molar-refractivity contribution >= 4 is 17.3 Å². The van der Waals surface area contributed by atoms with E-state index in [1.807, 2.05) is 24.3 Å². The van der Waals surface area contributed by atoms with Crippen molar-refractivity contribution in [2.24, 2.45) is 0 Å². The maximum atomic E-state index is 5.84. The van der Waals surface area contributed by atoms with E-state index in [-0.39, 0.29) is 0 Å². The summed E-state index contributed by atoms with van der Waals surface area (Å²) in [6.45, 7) is 2.81. The number of anilines is 1. The predicted molar refractivity (Wildman–Crippen MR) is 81.1 cm³/mol. The highest BCUT2D eigenvalue weighted by Gasteiger charge is 2.03. The molecule has 0 unspecified atom stereocenters. The molecule has 3 heteroatoms. The van der Waals surface area contributed by atoms with E-state index in [0.29, 0.717) is 5.88 Å². The van der Waals surface area contributed by atoms with Crippen LogP contribution in [0.4, 0.5) is 5.69 Å². The molecule has 0 radical (unpaired) electrons. The van der Waals surface area contributed by atoms with Crippen LogP contribution in [0.2, 0.25) is 0 Å².